The number of aromatic nitrogens is 3. The first-order valence-electron chi connectivity index (χ1n) is 11.3. The van der Waals surface area contributed by atoms with Crippen LogP contribution in [-0.2, 0) is 13.6 Å². The predicted octanol–water partition coefficient (Wildman–Crippen LogP) is 2.99. The molecule has 0 aliphatic carbocycles. The quantitative estimate of drug-likeness (QED) is 0.473. The lowest BCUT2D eigenvalue weighted by Gasteiger charge is -2.40. The molecule has 0 radical (unpaired) electrons. The van der Waals surface area contributed by atoms with Gasteiger partial charge in [0.2, 0.25) is 0 Å². The van der Waals surface area contributed by atoms with E-state index in [2.05, 4.69) is 32.6 Å². The summed E-state index contributed by atoms with van der Waals surface area (Å²) in [4.78, 5) is 28.8. The summed E-state index contributed by atoms with van der Waals surface area (Å²) in [6.45, 7) is 7.94. The SMILES string of the molecule is C=Nc1c(/C(=C\C)c2ncc(Nc3cccc(N4CC(NC)C4)n3)c3c2CNC3=O)ccn1C. The van der Waals surface area contributed by atoms with Crippen molar-refractivity contribution in [3.8, 4) is 0 Å². The standard InChI is InChI=1S/C25H28N8O/c1-5-16(17-9-10-32(4)24(17)27-3)23-18-11-29-25(34)22(18)19(12-28-23)30-20-7-6-8-21(31-20)33-13-15(14-33)26-2/h5-10,12,15,26H,3,11,13-14H2,1-2,4H3,(H,29,34)(H,30,31)/b16-5+. The van der Waals surface area contributed by atoms with E-state index in [9.17, 15) is 4.79 Å². The topological polar surface area (TPSA) is 99.5 Å². The largest absolute Gasteiger partial charge is 0.353 e. The number of hydrogen-bond donors (Lipinski definition) is 3. The van der Waals surface area contributed by atoms with Crippen molar-refractivity contribution in [1.29, 1.82) is 0 Å². The number of nitrogens with zero attached hydrogens (tertiary/aromatic N) is 5. The zero-order valence-corrected chi connectivity index (χ0v) is 19.6. The summed E-state index contributed by atoms with van der Waals surface area (Å²) in [6, 6.07) is 8.35. The van der Waals surface area contributed by atoms with Crippen molar-refractivity contribution in [2.45, 2.75) is 19.5 Å². The Morgan fingerprint density at radius 2 is 2.15 bits per heavy atom. The molecule has 3 N–H and O–H groups in total. The molecular formula is C25H28N8O. The maximum Gasteiger partial charge on any atom is 0.254 e. The molecule has 0 aromatic carbocycles. The molecule has 34 heavy (non-hydrogen) atoms. The van der Waals surface area contributed by atoms with Crippen molar-refractivity contribution < 1.29 is 4.79 Å². The fourth-order valence-electron chi connectivity index (χ4n) is 4.57. The number of anilines is 3. The average Bonchev–Trinajstić information content (AvgIpc) is 3.38. The molecule has 9 nitrogen and oxygen atoms in total. The van der Waals surface area contributed by atoms with Gasteiger partial charge in [-0.3, -0.25) is 9.78 Å². The second-order valence-corrected chi connectivity index (χ2v) is 8.48. The number of carbonyl (C=O) groups excluding carboxylic acids is 1. The van der Waals surface area contributed by atoms with E-state index < -0.39 is 0 Å². The Kier molecular flexibility index (Phi) is 5.62. The van der Waals surface area contributed by atoms with Crippen molar-refractivity contribution in [3.05, 3.63) is 65.1 Å². The van der Waals surface area contributed by atoms with Gasteiger partial charge in [0.15, 0.2) is 0 Å². The van der Waals surface area contributed by atoms with Crippen molar-refractivity contribution in [3.63, 3.8) is 0 Å². The van der Waals surface area contributed by atoms with Gasteiger partial charge in [-0.05, 0) is 38.9 Å². The van der Waals surface area contributed by atoms with Crippen LogP contribution in [-0.4, -0.2) is 53.3 Å². The van der Waals surface area contributed by atoms with Crippen LogP contribution in [0.3, 0.4) is 0 Å². The highest BCUT2D eigenvalue weighted by molar-refractivity contribution is 6.05. The van der Waals surface area contributed by atoms with Gasteiger partial charge in [0, 0.05) is 55.6 Å². The molecule has 0 bridgehead atoms. The van der Waals surface area contributed by atoms with Gasteiger partial charge in [-0.25, -0.2) is 9.98 Å². The van der Waals surface area contributed by atoms with E-state index in [1.165, 1.54) is 0 Å². The molecule has 0 atom stereocenters. The second kappa shape index (κ2) is 8.75. The van der Waals surface area contributed by atoms with Gasteiger partial charge in [-0.15, -0.1) is 0 Å². The van der Waals surface area contributed by atoms with E-state index in [1.54, 1.807) is 6.20 Å². The summed E-state index contributed by atoms with van der Waals surface area (Å²) in [7, 11) is 3.90. The van der Waals surface area contributed by atoms with E-state index in [0.29, 0.717) is 29.7 Å². The Labute approximate surface area is 198 Å². The Morgan fingerprint density at radius 1 is 1.32 bits per heavy atom. The Bertz CT molecular complexity index is 1300. The van der Waals surface area contributed by atoms with Crippen molar-refractivity contribution in [2.24, 2.45) is 12.0 Å². The molecule has 1 fully saturated rings. The Morgan fingerprint density at radius 3 is 2.88 bits per heavy atom. The average molecular weight is 457 g/mol. The number of pyridine rings is 2. The van der Waals surface area contributed by atoms with Crippen LogP contribution in [0.25, 0.3) is 5.57 Å². The first kappa shape index (κ1) is 21.8. The fourth-order valence-corrected chi connectivity index (χ4v) is 4.57. The molecule has 2 aliphatic rings. The van der Waals surface area contributed by atoms with Crippen LogP contribution in [0.2, 0.25) is 0 Å². The summed E-state index contributed by atoms with van der Waals surface area (Å²) in [6.07, 6.45) is 5.65. The zero-order chi connectivity index (χ0) is 23.8. The number of hydrogen-bond acceptors (Lipinski definition) is 7. The molecule has 3 aromatic heterocycles. The highest BCUT2D eigenvalue weighted by Gasteiger charge is 2.30. The number of likely N-dealkylation sites (N-methyl/N-ethyl adjacent to an activating group) is 1. The molecule has 5 heterocycles. The molecule has 174 valence electrons. The minimum Gasteiger partial charge on any atom is -0.353 e. The third-order valence-corrected chi connectivity index (χ3v) is 6.47. The molecule has 0 unspecified atom stereocenters. The molecule has 5 rings (SSSR count). The van der Waals surface area contributed by atoms with Crippen LogP contribution in [0.1, 0.15) is 34.1 Å². The van der Waals surface area contributed by atoms with Gasteiger partial charge in [-0.2, -0.15) is 0 Å². The fraction of sp³-hybridized carbons (Fsp3) is 0.280. The number of rotatable bonds is 7. The molecule has 2 aliphatic heterocycles. The van der Waals surface area contributed by atoms with Gasteiger partial charge >= 0.3 is 0 Å². The number of amides is 1. The molecule has 0 saturated carbocycles. The van der Waals surface area contributed by atoms with Crippen molar-refractivity contribution >= 4 is 41.3 Å². The summed E-state index contributed by atoms with van der Waals surface area (Å²) in [5.41, 5.74) is 4.70. The minimum absolute atomic E-state index is 0.123. The van der Waals surface area contributed by atoms with Crippen molar-refractivity contribution in [1.82, 2.24) is 25.2 Å². The van der Waals surface area contributed by atoms with Crippen LogP contribution < -0.4 is 20.9 Å². The van der Waals surface area contributed by atoms with E-state index in [1.807, 2.05) is 62.1 Å². The number of fused-ring (bicyclic) bond motifs is 1. The smallest absolute Gasteiger partial charge is 0.254 e. The van der Waals surface area contributed by atoms with Crippen LogP contribution in [0.15, 0.2) is 47.7 Å². The van der Waals surface area contributed by atoms with Gasteiger partial charge in [0.25, 0.3) is 5.91 Å². The summed E-state index contributed by atoms with van der Waals surface area (Å²) in [5, 5.41) is 9.55. The number of carbonyl (C=O) groups is 1. The lowest BCUT2D eigenvalue weighted by atomic mass is 9.97. The normalized spacial score (nSPS) is 15.7. The third-order valence-electron chi connectivity index (χ3n) is 6.47. The van der Waals surface area contributed by atoms with Crippen LogP contribution in [0, 0.1) is 0 Å². The molecule has 3 aromatic rings. The van der Waals surface area contributed by atoms with Crippen LogP contribution in [0.4, 0.5) is 23.1 Å². The van der Waals surface area contributed by atoms with E-state index >= 15 is 0 Å². The lowest BCUT2D eigenvalue weighted by molar-refractivity contribution is 0.0966. The van der Waals surface area contributed by atoms with Gasteiger partial charge < -0.3 is 25.4 Å². The zero-order valence-electron chi connectivity index (χ0n) is 19.6. The number of aryl methyl sites for hydroxylation is 1. The second-order valence-electron chi connectivity index (χ2n) is 8.48. The van der Waals surface area contributed by atoms with E-state index in [4.69, 9.17) is 9.97 Å². The highest BCUT2D eigenvalue weighted by Crippen LogP contribution is 2.37. The van der Waals surface area contributed by atoms with E-state index in [0.717, 1.165) is 47.1 Å². The Hall–Kier alpha value is -3.98. The van der Waals surface area contributed by atoms with Gasteiger partial charge in [0.1, 0.15) is 17.5 Å². The van der Waals surface area contributed by atoms with Crippen LogP contribution >= 0.6 is 0 Å². The molecule has 1 amide bonds. The summed E-state index contributed by atoms with van der Waals surface area (Å²) < 4.78 is 1.92. The monoisotopic (exact) mass is 456 g/mol. The summed E-state index contributed by atoms with van der Waals surface area (Å²) >= 11 is 0. The predicted molar refractivity (Wildman–Crippen MR) is 135 cm³/mol. The van der Waals surface area contributed by atoms with E-state index in [-0.39, 0.29) is 5.91 Å². The number of nitrogens with one attached hydrogen (secondary N) is 3. The maximum atomic E-state index is 12.8. The highest BCUT2D eigenvalue weighted by atomic mass is 16.1. The Balaban J connectivity index is 1.49. The van der Waals surface area contributed by atoms with Crippen LogP contribution in [0.5, 0.6) is 0 Å². The maximum absolute atomic E-state index is 12.8. The summed E-state index contributed by atoms with van der Waals surface area (Å²) in [5.74, 6) is 2.22. The molecule has 1 saturated heterocycles. The number of allylic oxidation sites excluding steroid dienone is 1. The minimum atomic E-state index is -0.123. The number of aliphatic imine (C=N–C) groups is 1. The lowest BCUT2D eigenvalue weighted by Crippen LogP contribution is -2.57. The first-order valence-corrected chi connectivity index (χ1v) is 11.3. The third kappa shape index (κ3) is 3.63. The van der Waals surface area contributed by atoms with Gasteiger partial charge in [0.05, 0.1) is 23.1 Å². The molecule has 9 heteroatoms. The van der Waals surface area contributed by atoms with Crippen molar-refractivity contribution in [2.75, 3.05) is 30.4 Å². The first-order chi connectivity index (χ1) is 16.5. The molecular weight excluding hydrogens is 428 g/mol. The molecule has 0 spiro atoms. The van der Waals surface area contributed by atoms with Gasteiger partial charge in [-0.1, -0.05) is 12.1 Å².